The number of methoxy groups -OCH3 is 1. The Bertz CT molecular complexity index is 523. The van der Waals surface area contributed by atoms with Gasteiger partial charge in [-0.25, -0.2) is 4.98 Å². The molecule has 0 spiro atoms. The Labute approximate surface area is 126 Å². The lowest BCUT2D eigenvalue weighted by molar-refractivity contribution is 0.115. The van der Waals surface area contributed by atoms with Crippen LogP contribution in [-0.2, 0) is 11.2 Å². The van der Waals surface area contributed by atoms with Crippen molar-refractivity contribution in [2.24, 2.45) is 0 Å². The quantitative estimate of drug-likeness (QED) is 0.757. The molecule has 0 aliphatic carbocycles. The highest BCUT2D eigenvalue weighted by Crippen LogP contribution is 2.25. The summed E-state index contributed by atoms with van der Waals surface area (Å²) in [5, 5.41) is 3.39. The molecule has 2 aromatic rings. The minimum Gasteiger partial charge on any atom is -0.443 e. The fraction of sp³-hybridized carbons (Fsp3) is 0.471. The Morgan fingerprint density at radius 1 is 1.24 bits per heavy atom. The van der Waals surface area contributed by atoms with E-state index in [-0.39, 0.29) is 6.10 Å². The van der Waals surface area contributed by atoms with Crippen molar-refractivity contribution in [1.29, 1.82) is 0 Å². The Balaban J connectivity index is 1.95. The molecule has 0 saturated carbocycles. The summed E-state index contributed by atoms with van der Waals surface area (Å²) in [5.74, 6) is 1.53. The van der Waals surface area contributed by atoms with Crippen LogP contribution in [0.1, 0.15) is 43.6 Å². The van der Waals surface area contributed by atoms with Crippen LogP contribution >= 0.6 is 0 Å². The molecular formula is C17H24N2O2. The van der Waals surface area contributed by atoms with E-state index >= 15 is 0 Å². The average molecular weight is 288 g/mol. The first-order chi connectivity index (χ1) is 10.2. The summed E-state index contributed by atoms with van der Waals surface area (Å²) >= 11 is 0. The van der Waals surface area contributed by atoms with Crippen molar-refractivity contribution in [3.63, 3.8) is 0 Å². The van der Waals surface area contributed by atoms with Crippen LogP contribution in [0.25, 0.3) is 0 Å². The lowest BCUT2D eigenvalue weighted by Gasteiger charge is -2.12. The summed E-state index contributed by atoms with van der Waals surface area (Å²) in [6, 6.07) is 10.6. The number of aromatic nitrogens is 1. The minimum absolute atomic E-state index is 0.193. The van der Waals surface area contributed by atoms with E-state index in [0.29, 0.717) is 6.04 Å². The van der Waals surface area contributed by atoms with Crippen molar-refractivity contribution in [2.45, 2.75) is 38.8 Å². The molecule has 4 heteroatoms. The van der Waals surface area contributed by atoms with Crippen LogP contribution in [-0.4, -0.2) is 24.7 Å². The number of nitrogens with zero attached hydrogens (tertiary/aromatic N) is 1. The Morgan fingerprint density at radius 2 is 2.00 bits per heavy atom. The first-order valence-corrected chi connectivity index (χ1v) is 7.46. The standard InChI is InChI=1S/C17H24N2O2/c1-13(2)18-11-7-10-16-19-12-15(21-16)17(20-3)14-8-5-4-6-9-14/h4-6,8-9,12-13,17-18H,7,10-11H2,1-3H3. The maximum atomic E-state index is 5.83. The van der Waals surface area contributed by atoms with E-state index in [9.17, 15) is 0 Å². The number of rotatable bonds is 8. The van der Waals surface area contributed by atoms with Crippen molar-refractivity contribution in [1.82, 2.24) is 10.3 Å². The summed E-state index contributed by atoms with van der Waals surface area (Å²) in [6.07, 6.45) is 3.43. The van der Waals surface area contributed by atoms with Gasteiger partial charge in [-0.3, -0.25) is 0 Å². The van der Waals surface area contributed by atoms with Crippen LogP contribution in [0.2, 0.25) is 0 Å². The number of hydrogen-bond acceptors (Lipinski definition) is 4. The molecule has 1 atom stereocenters. The fourth-order valence-electron chi connectivity index (χ4n) is 2.24. The summed E-state index contributed by atoms with van der Waals surface area (Å²) in [5.41, 5.74) is 1.07. The van der Waals surface area contributed by atoms with Crippen molar-refractivity contribution in [3.8, 4) is 0 Å². The molecule has 21 heavy (non-hydrogen) atoms. The Hall–Kier alpha value is -1.65. The normalized spacial score (nSPS) is 12.8. The predicted octanol–water partition coefficient (Wildman–Crippen LogP) is 3.34. The van der Waals surface area contributed by atoms with Gasteiger partial charge in [-0.05, 0) is 18.5 Å². The van der Waals surface area contributed by atoms with E-state index in [1.807, 2.05) is 30.3 Å². The van der Waals surface area contributed by atoms with Crippen molar-refractivity contribution >= 4 is 0 Å². The van der Waals surface area contributed by atoms with Gasteiger partial charge in [0, 0.05) is 19.6 Å². The molecular weight excluding hydrogens is 264 g/mol. The van der Waals surface area contributed by atoms with Crippen LogP contribution in [0.15, 0.2) is 40.9 Å². The van der Waals surface area contributed by atoms with Gasteiger partial charge in [0.1, 0.15) is 6.10 Å². The van der Waals surface area contributed by atoms with Crippen LogP contribution in [0.3, 0.4) is 0 Å². The molecule has 0 aliphatic rings. The number of ether oxygens (including phenoxy) is 1. The van der Waals surface area contributed by atoms with E-state index in [4.69, 9.17) is 9.15 Å². The zero-order chi connectivity index (χ0) is 15.1. The van der Waals surface area contributed by atoms with Crippen LogP contribution < -0.4 is 5.32 Å². The number of hydrogen-bond donors (Lipinski definition) is 1. The third kappa shape index (κ3) is 4.69. The highest BCUT2D eigenvalue weighted by Gasteiger charge is 2.17. The maximum absolute atomic E-state index is 5.83. The van der Waals surface area contributed by atoms with Gasteiger partial charge in [0.25, 0.3) is 0 Å². The van der Waals surface area contributed by atoms with E-state index in [2.05, 4.69) is 24.1 Å². The molecule has 1 aromatic carbocycles. The van der Waals surface area contributed by atoms with Gasteiger partial charge in [-0.1, -0.05) is 44.2 Å². The van der Waals surface area contributed by atoms with Gasteiger partial charge in [0.05, 0.1) is 6.20 Å². The largest absolute Gasteiger partial charge is 0.443 e. The van der Waals surface area contributed by atoms with Gasteiger partial charge in [0.2, 0.25) is 0 Å². The monoisotopic (exact) mass is 288 g/mol. The predicted molar refractivity (Wildman–Crippen MR) is 83.3 cm³/mol. The fourth-order valence-corrected chi connectivity index (χ4v) is 2.24. The van der Waals surface area contributed by atoms with Crippen LogP contribution in [0, 0.1) is 0 Å². The number of aryl methyl sites for hydroxylation is 1. The first kappa shape index (κ1) is 15.7. The molecule has 1 aromatic heterocycles. The number of benzene rings is 1. The van der Waals surface area contributed by atoms with E-state index in [1.54, 1.807) is 13.3 Å². The second kappa shape index (κ2) is 7.96. The van der Waals surface area contributed by atoms with E-state index < -0.39 is 0 Å². The van der Waals surface area contributed by atoms with Gasteiger partial charge in [-0.15, -0.1) is 0 Å². The second-order valence-electron chi connectivity index (χ2n) is 5.40. The van der Waals surface area contributed by atoms with Crippen molar-refractivity contribution < 1.29 is 9.15 Å². The molecule has 0 saturated heterocycles. The Morgan fingerprint density at radius 3 is 2.67 bits per heavy atom. The van der Waals surface area contributed by atoms with Crippen LogP contribution in [0.4, 0.5) is 0 Å². The topological polar surface area (TPSA) is 47.3 Å². The average Bonchev–Trinajstić information content (AvgIpc) is 2.94. The van der Waals surface area contributed by atoms with Gasteiger partial charge in [0.15, 0.2) is 11.7 Å². The molecule has 4 nitrogen and oxygen atoms in total. The third-order valence-electron chi connectivity index (χ3n) is 3.29. The van der Waals surface area contributed by atoms with Gasteiger partial charge < -0.3 is 14.5 Å². The molecule has 0 bridgehead atoms. The SMILES string of the molecule is COC(c1ccccc1)c1cnc(CCCNC(C)C)o1. The van der Waals surface area contributed by atoms with Gasteiger partial charge >= 0.3 is 0 Å². The van der Waals surface area contributed by atoms with Crippen LogP contribution in [0.5, 0.6) is 0 Å². The molecule has 1 unspecified atom stereocenters. The lowest BCUT2D eigenvalue weighted by atomic mass is 10.1. The minimum atomic E-state index is -0.193. The van der Waals surface area contributed by atoms with Gasteiger partial charge in [-0.2, -0.15) is 0 Å². The third-order valence-corrected chi connectivity index (χ3v) is 3.29. The first-order valence-electron chi connectivity index (χ1n) is 7.46. The maximum Gasteiger partial charge on any atom is 0.194 e. The van der Waals surface area contributed by atoms with E-state index in [0.717, 1.165) is 36.6 Å². The summed E-state index contributed by atoms with van der Waals surface area (Å²) in [7, 11) is 1.69. The molecule has 0 amide bonds. The second-order valence-corrected chi connectivity index (χ2v) is 5.40. The van der Waals surface area contributed by atoms with E-state index in [1.165, 1.54) is 0 Å². The molecule has 1 N–H and O–H groups in total. The molecule has 2 rings (SSSR count). The zero-order valence-corrected chi connectivity index (χ0v) is 13.0. The zero-order valence-electron chi connectivity index (χ0n) is 13.0. The molecule has 114 valence electrons. The summed E-state index contributed by atoms with van der Waals surface area (Å²) in [4.78, 5) is 4.35. The molecule has 1 heterocycles. The smallest absolute Gasteiger partial charge is 0.194 e. The molecule has 0 fully saturated rings. The highest BCUT2D eigenvalue weighted by atomic mass is 16.5. The summed E-state index contributed by atoms with van der Waals surface area (Å²) < 4.78 is 11.4. The number of nitrogens with one attached hydrogen (secondary N) is 1. The highest BCUT2D eigenvalue weighted by molar-refractivity contribution is 5.23. The number of oxazole rings is 1. The van der Waals surface area contributed by atoms with Crippen molar-refractivity contribution in [3.05, 3.63) is 53.7 Å². The Kier molecular flexibility index (Phi) is 5.96. The molecule has 0 aliphatic heterocycles. The van der Waals surface area contributed by atoms with Crippen molar-refractivity contribution in [2.75, 3.05) is 13.7 Å². The molecule has 0 radical (unpaired) electrons. The lowest BCUT2D eigenvalue weighted by Crippen LogP contribution is -2.23. The summed E-state index contributed by atoms with van der Waals surface area (Å²) in [6.45, 7) is 5.26.